The van der Waals surface area contributed by atoms with Crippen LogP contribution in [0.25, 0.3) is 0 Å². The summed E-state index contributed by atoms with van der Waals surface area (Å²) in [6.07, 6.45) is 0.237. The molecule has 78 valence electrons. The van der Waals surface area contributed by atoms with E-state index in [1.54, 1.807) is 0 Å². The first-order chi connectivity index (χ1) is 6.50. The van der Waals surface area contributed by atoms with Crippen molar-refractivity contribution < 1.29 is 19.5 Å². The van der Waals surface area contributed by atoms with Crippen molar-refractivity contribution in [3.63, 3.8) is 0 Å². The number of carboxylic acids is 1. The molecule has 14 heavy (non-hydrogen) atoms. The van der Waals surface area contributed by atoms with Crippen LogP contribution in [-0.4, -0.2) is 35.0 Å². The van der Waals surface area contributed by atoms with Crippen LogP contribution in [-0.2, 0) is 14.4 Å². The Morgan fingerprint density at radius 2 is 2.07 bits per heavy atom. The van der Waals surface area contributed by atoms with E-state index in [1.165, 1.54) is 6.92 Å². The van der Waals surface area contributed by atoms with E-state index >= 15 is 0 Å². The molecule has 1 rings (SSSR count). The lowest BCUT2D eigenvalue weighted by Gasteiger charge is -2.21. The van der Waals surface area contributed by atoms with Crippen molar-refractivity contribution in [1.82, 2.24) is 10.6 Å². The number of carbonyl (C=O) groups excluding carboxylic acids is 2. The van der Waals surface area contributed by atoms with E-state index in [1.807, 2.05) is 0 Å². The lowest BCUT2D eigenvalue weighted by atomic mass is 10.1. The summed E-state index contributed by atoms with van der Waals surface area (Å²) in [5.74, 6) is -1.87. The van der Waals surface area contributed by atoms with Gasteiger partial charge in [0.1, 0.15) is 12.1 Å². The summed E-state index contributed by atoms with van der Waals surface area (Å²) in [4.78, 5) is 32.9. The van der Waals surface area contributed by atoms with Crippen LogP contribution in [0.15, 0.2) is 0 Å². The van der Waals surface area contributed by atoms with Gasteiger partial charge in [-0.1, -0.05) is 0 Å². The monoisotopic (exact) mass is 200 g/mol. The number of aliphatic carboxylic acids is 1. The molecule has 0 aromatic rings. The summed E-state index contributed by atoms with van der Waals surface area (Å²) in [5.41, 5.74) is 0. The van der Waals surface area contributed by atoms with Gasteiger partial charge < -0.3 is 15.7 Å². The zero-order valence-electron chi connectivity index (χ0n) is 7.74. The zero-order chi connectivity index (χ0) is 10.7. The van der Waals surface area contributed by atoms with Gasteiger partial charge in [-0.15, -0.1) is 0 Å². The Hall–Kier alpha value is -1.59. The molecule has 6 nitrogen and oxygen atoms in total. The number of carboxylic acid groups (broad SMARTS) is 1. The summed E-state index contributed by atoms with van der Waals surface area (Å²) >= 11 is 0. The first-order valence-corrected chi connectivity index (χ1v) is 4.33. The fourth-order valence-corrected chi connectivity index (χ4v) is 1.21. The Kier molecular flexibility index (Phi) is 3.06. The lowest BCUT2D eigenvalue weighted by Crippen LogP contribution is -2.52. The summed E-state index contributed by atoms with van der Waals surface area (Å²) in [5, 5.41) is 13.5. The Labute approximate surface area is 80.7 Å². The van der Waals surface area contributed by atoms with Gasteiger partial charge in [0.15, 0.2) is 0 Å². The minimum absolute atomic E-state index is 0.113. The van der Waals surface area contributed by atoms with Crippen LogP contribution in [0, 0.1) is 0 Å². The summed E-state index contributed by atoms with van der Waals surface area (Å²) in [6, 6.07) is -1.64. The Morgan fingerprint density at radius 3 is 2.64 bits per heavy atom. The van der Waals surface area contributed by atoms with Gasteiger partial charge in [0.05, 0.1) is 0 Å². The van der Waals surface area contributed by atoms with Crippen molar-refractivity contribution in [1.29, 1.82) is 0 Å². The number of hydrogen-bond donors (Lipinski definition) is 3. The third-order valence-electron chi connectivity index (χ3n) is 2.05. The molecule has 3 N–H and O–H groups in total. The van der Waals surface area contributed by atoms with Gasteiger partial charge >= 0.3 is 5.97 Å². The number of hydrogen-bond acceptors (Lipinski definition) is 3. The minimum Gasteiger partial charge on any atom is -0.480 e. The maximum absolute atomic E-state index is 11.2. The highest BCUT2D eigenvalue weighted by Gasteiger charge is 2.27. The van der Waals surface area contributed by atoms with Crippen LogP contribution in [0.5, 0.6) is 0 Å². The van der Waals surface area contributed by atoms with Crippen LogP contribution in [0.1, 0.15) is 19.8 Å². The predicted octanol–water partition coefficient (Wildman–Crippen LogP) is -1.15. The number of nitrogens with one attached hydrogen (secondary N) is 2. The molecule has 0 radical (unpaired) electrons. The molecule has 0 spiro atoms. The number of carbonyl (C=O) groups is 3. The van der Waals surface area contributed by atoms with Crippen molar-refractivity contribution in [2.45, 2.75) is 31.8 Å². The first kappa shape index (κ1) is 10.5. The molecule has 0 saturated carbocycles. The molecule has 2 amide bonds. The summed E-state index contributed by atoms with van der Waals surface area (Å²) in [7, 11) is 0. The minimum atomic E-state index is -1.11. The van der Waals surface area contributed by atoms with Crippen molar-refractivity contribution in [2.75, 3.05) is 0 Å². The average Bonchev–Trinajstić information content (AvgIpc) is 2.09. The topological polar surface area (TPSA) is 95.5 Å². The molecule has 0 aromatic heterocycles. The van der Waals surface area contributed by atoms with Gasteiger partial charge in [-0.05, 0) is 13.3 Å². The van der Waals surface area contributed by atoms with Crippen LogP contribution >= 0.6 is 0 Å². The highest BCUT2D eigenvalue weighted by atomic mass is 16.4. The Balaban J connectivity index is 2.71. The Bertz CT molecular complexity index is 277. The third-order valence-corrected chi connectivity index (χ3v) is 2.05. The van der Waals surface area contributed by atoms with Crippen LogP contribution in [0.3, 0.4) is 0 Å². The quantitative estimate of drug-likeness (QED) is 0.498. The molecular formula is C8H12N2O4. The van der Waals surface area contributed by atoms with Gasteiger partial charge in [-0.3, -0.25) is 9.59 Å². The van der Waals surface area contributed by atoms with E-state index in [0.29, 0.717) is 0 Å². The molecule has 1 aliphatic heterocycles. The maximum Gasteiger partial charge on any atom is 0.326 e. The van der Waals surface area contributed by atoms with Gasteiger partial charge in [0, 0.05) is 6.42 Å². The van der Waals surface area contributed by atoms with Crippen molar-refractivity contribution in [3.8, 4) is 0 Å². The molecule has 1 heterocycles. The zero-order valence-corrected chi connectivity index (χ0v) is 7.74. The predicted molar refractivity (Wildman–Crippen MR) is 46.4 cm³/mol. The Morgan fingerprint density at radius 1 is 1.43 bits per heavy atom. The maximum atomic E-state index is 11.2. The molecule has 0 aliphatic carbocycles. The van der Waals surface area contributed by atoms with Crippen molar-refractivity contribution in [2.24, 2.45) is 0 Å². The molecule has 1 saturated heterocycles. The molecule has 1 aliphatic rings. The van der Waals surface area contributed by atoms with Crippen molar-refractivity contribution in [3.05, 3.63) is 0 Å². The highest BCUT2D eigenvalue weighted by Crippen LogP contribution is 2.02. The van der Waals surface area contributed by atoms with Gasteiger partial charge in [0.2, 0.25) is 11.8 Å². The molecule has 0 unspecified atom stereocenters. The lowest BCUT2D eigenvalue weighted by molar-refractivity contribution is -0.143. The smallest absolute Gasteiger partial charge is 0.326 e. The molecule has 2 atom stereocenters. The molecule has 0 bridgehead atoms. The molecule has 6 heteroatoms. The van der Waals surface area contributed by atoms with E-state index in [-0.39, 0.29) is 18.7 Å². The SMILES string of the molecule is C[C@H]1NC(=O)CC[C@@H](C(=O)O)NC1=O. The van der Waals surface area contributed by atoms with Crippen molar-refractivity contribution >= 4 is 17.8 Å². The second kappa shape index (κ2) is 4.08. The average molecular weight is 200 g/mol. The molecule has 0 aromatic carbocycles. The highest BCUT2D eigenvalue weighted by molar-refractivity contribution is 5.91. The second-order valence-corrected chi connectivity index (χ2v) is 3.23. The van der Waals surface area contributed by atoms with Gasteiger partial charge in [-0.2, -0.15) is 0 Å². The fourth-order valence-electron chi connectivity index (χ4n) is 1.21. The van der Waals surface area contributed by atoms with Gasteiger partial charge in [0.25, 0.3) is 0 Å². The normalized spacial score (nSPS) is 28.4. The van der Waals surface area contributed by atoms with Crippen LogP contribution in [0.2, 0.25) is 0 Å². The van der Waals surface area contributed by atoms with E-state index in [9.17, 15) is 14.4 Å². The first-order valence-electron chi connectivity index (χ1n) is 4.33. The number of amides is 2. The molecular weight excluding hydrogens is 188 g/mol. The van der Waals surface area contributed by atoms with Crippen LogP contribution in [0.4, 0.5) is 0 Å². The third kappa shape index (κ3) is 2.45. The standard InChI is InChI=1S/C8H12N2O4/c1-4-7(12)10-5(8(13)14)2-3-6(11)9-4/h4-5H,2-3H2,1H3,(H,9,11)(H,10,12)(H,13,14)/t4-,5+/m1/s1. The summed E-state index contributed by atoms with van der Waals surface area (Å²) < 4.78 is 0. The number of rotatable bonds is 1. The van der Waals surface area contributed by atoms with Gasteiger partial charge in [-0.25, -0.2) is 4.79 Å². The fraction of sp³-hybridized carbons (Fsp3) is 0.625. The second-order valence-electron chi connectivity index (χ2n) is 3.23. The van der Waals surface area contributed by atoms with Crippen LogP contribution < -0.4 is 10.6 Å². The van der Waals surface area contributed by atoms with E-state index < -0.39 is 24.0 Å². The van der Waals surface area contributed by atoms with E-state index in [4.69, 9.17) is 5.11 Å². The largest absolute Gasteiger partial charge is 0.480 e. The molecule has 1 fully saturated rings. The van der Waals surface area contributed by atoms with E-state index in [2.05, 4.69) is 10.6 Å². The van der Waals surface area contributed by atoms with E-state index in [0.717, 1.165) is 0 Å². The summed E-state index contributed by atoms with van der Waals surface area (Å²) in [6.45, 7) is 1.51.